The summed E-state index contributed by atoms with van der Waals surface area (Å²) < 4.78 is 5.95. The first-order valence-electron chi connectivity index (χ1n) is 3.83. The van der Waals surface area contributed by atoms with E-state index in [0.29, 0.717) is 16.2 Å². The predicted octanol–water partition coefficient (Wildman–Crippen LogP) is 1.19. The van der Waals surface area contributed by atoms with E-state index in [9.17, 15) is 0 Å². The summed E-state index contributed by atoms with van der Waals surface area (Å²) in [6, 6.07) is 3.44. The Bertz CT molecular complexity index is 293. The molecule has 1 rings (SSSR count). The van der Waals surface area contributed by atoms with E-state index < -0.39 is 0 Å². The molecule has 72 valence electrons. The van der Waals surface area contributed by atoms with Gasteiger partial charge in [-0.2, -0.15) is 0 Å². The highest BCUT2D eigenvalue weighted by Crippen LogP contribution is 2.22. The van der Waals surface area contributed by atoms with Crippen LogP contribution in [0.5, 0.6) is 5.75 Å². The summed E-state index contributed by atoms with van der Waals surface area (Å²) in [5, 5.41) is 8.75. The minimum atomic E-state index is -0.273. The Balaban J connectivity index is 2.77. The molecule has 0 amide bonds. The van der Waals surface area contributed by atoms with Crippen LogP contribution in [0.1, 0.15) is 6.92 Å². The van der Waals surface area contributed by atoms with Crippen molar-refractivity contribution >= 4 is 21.7 Å². The van der Waals surface area contributed by atoms with E-state index in [0.717, 1.165) is 0 Å². The van der Waals surface area contributed by atoms with Gasteiger partial charge in [-0.3, -0.25) is 0 Å². The number of aromatic nitrogens is 1. The fourth-order valence-electron chi connectivity index (χ4n) is 0.791. The molecule has 0 spiro atoms. The van der Waals surface area contributed by atoms with Gasteiger partial charge >= 0.3 is 0 Å². The SMILES string of the molecule is CC(CO)Oc1ccc(Br)nc1N. The van der Waals surface area contributed by atoms with E-state index in [2.05, 4.69) is 20.9 Å². The first-order valence-corrected chi connectivity index (χ1v) is 4.62. The first-order chi connectivity index (χ1) is 6.13. The van der Waals surface area contributed by atoms with Crippen molar-refractivity contribution in [2.24, 2.45) is 0 Å². The number of nitrogens with zero attached hydrogens (tertiary/aromatic N) is 1. The summed E-state index contributed by atoms with van der Waals surface area (Å²) in [5.74, 6) is 0.805. The van der Waals surface area contributed by atoms with Gasteiger partial charge in [-0.15, -0.1) is 0 Å². The van der Waals surface area contributed by atoms with Crippen molar-refractivity contribution in [3.05, 3.63) is 16.7 Å². The summed E-state index contributed by atoms with van der Waals surface area (Å²) >= 11 is 3.18. The number of aliphatic hydroxyl groups is 1. The molecule has 1 atom stereocenters. The molecule has 0 saturated heterocycles. The number of nitrogens with two attached hydrogens (primary N) is 1. The van der Waals surface area contributed by atoms with E-state index in [1.807, 2.05) is 0 Å². The normalized spacial score (nSPS) is 12.5. The van der Waals surface area contributed by atoms with Crippen LogP contribution in [0.3, 0.4) is 0 Å². The average Bonchev–Trinajstić information content (AvgIpc) is 2.09. The van der Waals surface area contributed by atoms with Crippen LogP contribution in [0.15, 0.2) is 16.7 Å². The molecule has 1 unspecified atom stereocenters. The molecular formula is C8H11BrN2O2. The smallest absolute Gasteiger partial charge is 0.167 e. The maximum Gasteiger partial charge on any atom is 0.167 e. The molecule has 0 aliphatic carbocycles. The van der Waals surface area contributed by atoms with Crippen LogP contribution in [-0.4, -0.2) is 22.8 Å². The van der Waals surface area contributed by atoms with Crippen LogP contribution in [0.25, 0.3) is 0 Å². The van der Waals surface area contributed by atoms with Gasteiger partial charge in [0.15, 0.2) is 11.6 Å². The van der Waals surface area contributed by atoms with Gasteiger partial charge in [-0.25, -0.2) is 4.98 Å². The third-order valence-electron chi connectivity index (χ3n) is 1.44. The summed E-state index contributed by atoms with van der Waals surface area (Å²) in [7, 11) is 0. The Kier molecular flexibility index (Phi) is 3.50. The maximum absolute atomic E-state index is 8.75. The molecule has 1 aromatic heterocycles. The van der Waals surface area contributed by atoms with Crippen molar-refractivity contribution < 1.29 is 9.84 Å². The first kappa shape index (κ1) is 10.3. The molecule has 0 aromatic carbocycles. The van der Waals surface area contributed by atoms with Crippen molar-refractivity contribution in [3.63, 3.8) is 0 Å². The number of ether oxygens (including phenoxy) is 1. The lowest BCUT2D eigenvalue weighted by Gasteiger charge is -2.12. The van der Waals surface area contributed by atoms with Gasteiger partial charge in [0.25, 0.3) is 0 Å². The fraction of sp³-hybridized carbons (Fsp3) is 0.375. The summed E-state index contributed by atoms with van der Waals surface area (Å²) in [5.41, 5.74) is 5.58. The Morgan fingerprint density at radius 3 is 2.92 bits per heavy atom. The Morgan fingerprint density at radius 1 is 1.69 bits per heavy atom. The van der Waals surface area contributed by atoms with Crippen molar-refractivity contribution in [1.29, 1.82) is 0 Å². The second kappa shape index (κ2) is 4.43. The zero-order valence-corrected chi connectivity index (χ0v) is 8.78. The highest BCUT2D eigenvalue weighted by Gasteiger charge is 2.06. The number of rotatable bonds is 3. The van der Waals surface area contributed by atoms with Crippen LogP contribution in [-0.2, 0) is 0 Å². The molecule has 3 N–H and O–H groups in total. The quantitative estimate of drug-likeness (QED) is 0.787. The topological polar surface area (TPSA) is 68.4 Å². The Morgan fingerprint density at radius 2 is 2.38 bits per heavy atom. The van der Waals surface area contributed by atoms with Crippen LogP contribution >= 0.6 is 15.9 Å². The monoisotopic (exact) mass is 246 g/mol. The number of anilines is 1. The van der Waals surface area contributed by atoms with Gasteiger partial charge in [0.2, 0.25) is 0 Å². The van der Waals surface area contributed by atoms with Gasteiger partial charge < -0.3 is 15.6 Å². The standard InChI is InChI=1S/C8H11BrN2O2/c1-5(4-12)13-6-2-3-7(9)11-8(6)10/h2-3,5,12H,4H2,1H3,(H2,10,11). The van der Waals surface area contributed by atoms with Crippen molar-refractivity contribution in [1.82, 2.24) is 4.98 Å². The number of hydrogen-bond acceptors (Lipinski definition) is 4. The zero-order chi connectivity index (χ0) is 9.84. The lowest BCUT2D eigenvalue weighted by atomic mass is 10.4. The molecule has 4 nitrogen and oxygen atoms in total. The van der Waals surface area contributed by atoms with Crippen LogP contribution in [0.2, 0.25) is 0 Å². The molecule has 0 radical (unpaired) electrons. The van der Waals surface area contributed by atoms with E-state index in [-0.39, 0.29) is 12.7 Å². The molecule has 1 aromatic rings. The number of pyridine rings is 1. The number of aliphatic hydroxyl groups excluding tert-OH is 1. The zero-order valence-electron chi connectivity index (χ0n) is 7.20. The summed E-state index contributed by atoms with van der Waals surface area (Å²) in [6.07, 6.45) is -0.273. The Hall–Kier alpha value is -0.810. The van der Waals surface area contributed by atoms with Crippen molar-refractivity contribution in [2.45, 2.75) is 13.0 Å². The fourth-order valence-corrected chi connectivity index (χ4v) is 1.11. The van der Waals surface area contributed by atoms with E-state index in [4.69, 9.17) is 15.6 Å². The predicted molar refractivity (Wildman–Crippen MR) is 53.5 cm³/mol. The Labute approximate surface area is 84.9 Å². The van der Waals surface area contributed by atoms with Crippen LogP contribution < -0.4 is 10.5 Å². The number of hydrogen-bond donors (Lipinski definition) is 2. The average molecular weight is 247 g/mol. The second-order valence-electron chi connectivity index (χ2n) is 2.63. The second-order valence-corrected chi connectivity index (χ2v) is 3.44. The minimum Gasteiger partial charge on any atom is -0.484 e. The van der Waals surface area contributed by atoms with Crippen molar-refractivity contribution in [3.8, 4) is 5.75 Å². The molecule has 13 heavy (non-hydrogen) atoms. The number of nitrogen functional groups attached to an aromatic ring is 1. The highest BCUT2D eigenvalue weighted by atomic mass is 79.9. The third kappa shape index (κ3) is 2.86. The molecule has 0 bridgehead atoms. The summed E-state index contributed by atoms with van der Waals surface area (Å²) in [4.78, 5) is 3.95. The molecule has 5 heteroatoms. The van der Waals surface area contributed by atoms with E-state index in [1.54, 1.807) is 19.1 Å². The number of halogens is 1. The van der Waals surface area contributed by atoms with Gasteiger partial charge in [-0.05, 0) is 35.0 Å². The van der Waals surface area contributed by atoms with E-state index in [1.165, 1.54) is 0 Å². The maximum atomic E-state index is 8.75. The molecule has 1 heterocycles. The molecule has 0 fully saturated rings. The minimum absolute atomic E-state index is 0.0461. The highest BCUT2D eigenvalue weighted by molar-refractivity contribution is 9.10. The van der Waals surface area contributed by atoms with Crippen molar-refractivity contribution in [2.75, 3.05) is 12.3 Å². The lowest BCUT2D eigenvalue weighted by Crippen LogP contribution is -2.17. The van der Waals surface area contributed by atoms with Gasteiger partial charge in [0.05, 0.1) is 6.61 Å². The van der Waals surface area contributed by atoms with Crippen LogP contribution in [0.4, 0.5) is 5.82 Å². The summed E-state index contributed by atoms with van der Waals surface area (Å²) in [6.45, 7) is 1.71. The van der Waals surface area contributed by atoms with E-state index >= 15 is 0 Å². The molecule has 0 aliphatic heterocycles. The lowest BCUT2D eigenvalue weighted by molar-refractivity contribution is 0.130. The van der Waals surface area contributed by atoms with Gasteiger partial charge in [0, 0.05) is 0 Å². The van der Waals surface area contributed by atoms with Crippen LogP contribution in [0, 0.1) is 0 Å². The molecule has 0 saturated carbocycles. The van der Waals surface area contributed by atoms with Gasteiger partial charge in [-0.1, -0.05) is 0 Å². The van der Waals surface area contributed by atoms with Gasteiger partial charge in [0.1, 0.15) is 10.7 Å². The largest absolute Gasteiger partial charge is 0.484 e. The third-order valence-corrected chi connectivity index (χ3v) is 1.88. The molecule has 0 aliphatic rings. The molecular weight excluding hydrogens is 236 g/mol.